The lowest BCUT2D eigenvalue weighted by Gasteiger charge is -2.12. The van der Waals surface area contributed by atoms with Crippen LogP contribution in [0.15, 0.2) is 22.3 Å². The van der Waals surface area contributed by atoms with Crippen molar-refractivity contribution >= 4 is 35.0 Å². The highest BCUT2D eigenvalue weighted by Gasteiger charge is 2.37. The summed E-state index contributed by atoms with van der Waals surface area (Å²) >= 11 is 1.07. The molecule has 1 heterocycles. The molecule has 140 valence electrons. The third-order valence-electron chi connectivity index (χ3n) is 3.54. The summed E-state index contributed by atoms with van der Waals surface area (Å²) in [5, 5.41) is 16.5. The van der Waals surface area contributed by atoms with Gasteiger partial charge in [0.2, 0.25) is 11.7 Å². The summed E-state index contributed by atoms with van der Waals surface area (Å²) in [7, 11) is 6.07. The Bertz CT molecular complexity index is 739. The van der Waals surface area contributed by atoms with Gasteiger partial charge in [-0.25, -0.2) is 0 Å². The molecule has 1 fully saturated rings. The first-order valence-corrected chi connectivity index (χ1v) is 8.36. The molecule has 0 radical (unpaired) electrons. The topological polar surface area (TPSA) is 110 Å². The van der Waals surface area contributed by atoms with E-state index in [0.29, 0.717) is 28.0 Å². The molecule has 1 saturated heterocycles. The van der Waals surface area contributed by atoms with Crippen molar-refractivity contribution in [3.63, 3.8) is 0 Å². The van der Waals surface area contributed by atoms with Crippen molar-refractivity contribution in [3.8, 4) is 17.2 Å². The van der Waals surface area contributed by atoms with Gasteiger partial charge < -0.3 is 19.3 Å². The fourth-order valence-electron chi connectivity index (χ4n) is 2.27. The fourth-order valence-corrected chi connectivity index (χ4v) is 3.35. The Hall–Kier alpha value is -2.75. The Kier molecular flexibility index (Phi) is 6.45. The van der Waals surface area contributed by atoms with Crippen LogP contribution in [0.3, 0.4) is 0 Å². The highest BCUT2D eigenvalue weighted by molar-refractivity contribution is 8.15. The van der Waals surface area contributed by atoms with Crippen LogP contribution in [0.25, 0.3) is 0 Å². The highest BCUT2D eigenvalue weighted by atomic mass is 32.2. The van der Waals surface area contributed by atoms with Crippen molar-refractivity contribution < 1.29 is 28.9 Å². The summed E-state index contributed by atoms with van der Waals surface area (Å²) in [6, 6.07) is 3.41. The van der Waals surface area contributed by atoms with E-state index >= 15 is 0 Å². The summed E-state index contributed by atoms with van der Waals surface area (Å²) in [5.74, 6) is 0.0761. The number of carbonyl (C=O) groups excluding carboxylic acids is 1. The Balaban J connectivity index is 2.21. The molecule has 0 unspecified atom stereocenters. The molecule has 0 saturated carbocycles. The Morgan fingerprint density at radius 3 is 2.38 bits per heavy atom. The van der Waals surface area contributed by atoms with Crippen molar-refractivity contribution in [1.29, 1.82) is 0 Å². The van der Waals surface area contributed by atoms with Crippen LogP contribution < -0.4 is 14.2 Å². The maximum atomic E-state index is 12.0. The molecule has 0 aromatic heterocycles. The number of amidine groups is 1. The molecule has 1 N–H and O–H groups in total. The van der Waals surface area contributed by atoms with E-state index in [4.69, 9.17) is 19.3 Å². The van der Waals surface area contributed by atoms with Gasteiger partial charge in [-0.2, -0.15) is 5.10 Å². The van der Waals surface area contributed by atoms with Crippen molar-refractivity contribution in [2.45, 2.75) is 11.7 Å². The molecule has 0 aliphatic carbocycles. The maximum Gasteiger partial charge on any atom is 0.305 e. The van der Waals surface area contributed by atoms with E-state index in [9.17, 15) is 9.59 Å². The molecule has 0 spiro atoms. The normalized spacial score (nSPS) is 18.6. The highest BCUT2D eigenvalue weighted by Crippen LogP contribution is 2.37. The van der Waals surface area contributed by atoms with Crippen LogP contribution in [0.2, 0.25) is 0 Å². The number of benzene rings is 1. The number of methoxy groups -OCH3 is 3. The molecule has 1 aliphatic heterocycles. The zero-order valence-electron chi connectivity index (χ0n) is 14.8. The predicted molar refractivity (Wildman–Crippen MR) is 97.5 cm³/mol. The lowest BCUT2D eigenvalue weighted by molar-refractivity contribution is -0.139. The van der Waals surface area contributed by atoms with Crippen LogP contribution in [0.1, 0.15) is 12.0 Å². The van der Waals surface area contributed by atoms with Gasteiger partial charge in [0.05, 0.1) is 34.0 Å². The van der Waals surface area contributed by atoms with Crippen LogP contribution in [-0.4, -0.2) is 66.9 Å². The summed E-state index contributed by atoms with van der Waals surface area (Å²) in [5.41, 5.74) is 0.655. The first-order valence-electron chi connectivity index (χ1n) is 7.48. The third-order valence-corrected chi connectivity index (χ3v) is 4.76. The first kappa shape index (κ1) is 19.6. The minimum Gasteiger partial charge on any atom is -0.493 e. The van der Waals surface area contributed by atoms with Gasteiger partial charge in [-0.1, -0.05) is 11.8 Å². The number of hydrogen-bond donors (Lipinski definition) is 1. The average molecular weight is 381 g/mol. The quantitative estimate of drug-likeness (QED) is 0.562. The van der Waals surface area contributed by atoms with E-state index in [2.05, 4.69) is 10.2 Å². The van der Waals surface area contributed by atoms with E-state index in [-0.39, 0.29) is 12.3 Å². The van der Waals surface area contributed by atoms with Gasteiger partial charge in [0, 0.05) is 12.6 Å². The van der Waals surface area contributed by atoms with Crippen LogP contribution in [0.4, 0.5) is 0 Å². The van der Waals surface area contributed by atoms with E-state index in [1.54, 1.807) is 12.1 Å². The molecule has 26 heavy (non-hydrogen) atoms. The molecule has 1 atom stereocenters. The largest absolute Gasteiger partial charge is 0.493 e. The standard InChI is InChI=1S/C16H19N3O6S/c1-19-15(22)12(7-13(20)21)26-16(19)18-17-8-9-5-10(23-2)14(25-4)11(6-9)24-3/h5-6,8,12H,7H2,1-4H3,(H,20,21)/b17-8-,18-16-/t12-/m0/s1. The molecule has 1 aromatic rings. The molecular formula is C16H19N3O6S. The molecule has 1 aliphatic rings. The second kappa shape index (κ2) is 8.56. The molecule has 10 heteroatoms. The molecule has 9 nitrogen and oxygen atoms in total. The average Bonchev–Trinajstić information content (AvgIpc) is 2.88. The second-order valence-corrected chi connectivity index (χ2v) is 6.36. The van der Waals surface area contributed by atoms with Crippen molar-refractivity contribution in [1.82, 2.24) is 4.90 Å². The smallest absolute Gasteiger partial charge is 0.305 e. The number of thioether (sulfide) groups is 1. The summed E-state index contributed by atoms with van der Waals surface area (Å²) < 4.78 is 15.8. The number of aliphatic carboxylic acids is 1. The summed E-state index contributed by atoms with van der Waals surface area (Å²) in [6.07, 6.45) is 1.21. The van der Waals surface area contributed by atoms with Gasteiger partial charge >= 0.3 is 5.97 Å². The number of ether oxygens (including phenoxy) is 3. The number of carboxylic acid groups (broad SMARTS) is 1. The van der Waals surface area contributed by atoms with Crippen LogP contribution >= 0.6 is 11.8 Å². The van der Waals surface area contributed by atoms with E-state index < -0.39 is 11.2 Å². The number of carboxylic acids is 1. The van der Waals surface area contributed by atoms with Crippen molar-refractivity contribution in [2.24, 2.45) is 10.2 Å². The number of rotatable bonds is 7. The number of hydrogen-bond acceptors (Lipinski definition) is 8. The summed E-state index contributed by atoms with van der Waals surface area (Å²) in [4.78, 5) is 24.1. The predicted octanol–water partition coefficient (Wildman–Crippen LogP) is 1.45. The molecule has 1 amide bonds. The lowest BCUT2D eigenvalue weighted by atomic mass is 10.2. The molecule has 1 aromatic carbocycles. The SMILES string of the molecule is COc1cc(/C=N\N=C2/S[C@@H](CC(=O)O)C(=O)N2C)cc(OC)c1OC. The van der Waals surface area contributed by atoms with Gasteiger partial charge in [0.1, 0.15) is 5.25 Å². The van der Waals surface area contributed by atoms with Crippen molar-refractivity contribution in [2.75, 3.05) is 28.4 Å². The van der Waals surface area contributed by atoms with E-state index in [1.165, 1.54) is 39.5 Å². The number of nitrogens with zero attached hydrogens (tertiary/aromatic N) is 3. The fraction of sp³-hybridized carbons (Fsp3) is 0.375. The molecule has 0 bridgehead atoms. The third kappa shape index (κ3) is 4.26. The zero-order chi connectivity index (χ0) is 19.3. The van der Waals surface area contributed by atoms with Crippen LogP contribution in [0, 0.1) is 0 Å². The van der Waals surface area contributed by atoms with Crippen LogP contribution in [-0.2, 0) is 9.59 Å². The Labute approximate surface area is 154 Å². The Morgan fingerprint density at radius 2 is 1.88 bits per heavy atom. The second-order valence-electron chi connectivity index (χ2n) is 5.19. The molecule has 2 rings (SSSR count). The summed E-state index contributed by atoms with van der Waals surface area (Å²) in [6.45, 7) is 0. The van der Waals surface area contributed by atoms with E-state index in [1.807, 2.05) is 0 Å². The van der Waals surface area contributed by atoms with Gasteiger partial charge in [-0.05, 0) is 12.1 Å². The van der Waals surface area contributed by atoms with Gasteiger partial charge in [0.25, 0.3) is 0 Å². The monoisotopic (exact) mass is 381 g/mol. The molecular weight excluding hydrogens is 362 g/mol. The number of carbonyl (C=O) groups is 2. The maximum absolute atomic E-state index is 12.0. The van der Waals surface area contributed by atoms with Gasteiger partial charge in [0.15, 0.2) is 16.7 Å². The Morgan fingerprint density at radius 1 is 1.27 bits per heavy atom. The van der Waals surface area contributed by atoms with E-state index in [0.717, 1.165) is 11.8 Å². The van der Waals surface area contributed by atoms with Gasteiger partial charge in [-0.3, -0.25) is 14.5 Å². The number of amides is 1. The van der Waals surface area contributed by atoms with Crippen molar-refractivity contribution in [3.05, 3.63) is 17.7 Å². The minimum absolute atomic E-state index is 0.260. The van der Waals surface area contributed by atoms with Gasteiger partial charge in [-0.15, -0.1) is 5.10 Å². The lowest BCUT2D eigenvalue weighted by Crippen LogP contribution is -2.28. The first-order chi connectivity index (χ1) is 12.4. The zero-order valence-corrected chi connectivity index (χ0v) is 15.6. The van der Waals surface area contributed by atoms with Crippen LogP contribution in [0.5, 0.6) is 17.2 Å². The minimum atomic E-state index is -1.04.